The minimum atomic E-state index is -0.365. The van der Waals surface area contributed by atoms with Crippen LogP contribution in [-0.4, -0.2) is 33.2 Å². The Labute approximate surface area is 186 Å². The fraction of sp³-hybridized carbons (Fsp3) is 0.0952. The average molecular weight is 454 g/mol. The molecule has 3 heterocycles. The molecule has 0 spiro atoms. The summed E-state index contributed by atoms with van der Waals surface area (Å²) in [5.74, 6) is 0.293. The molecule has 0 aliphatic rings. The van der Waals surface area contributed by atoms with Gasteiger partial charge < -0.3 is 9.47 Å². The fourth-order valence-electron chi connectivity index (χ4n) is 2.79. The Morgan fingerprint density at radius 2 is 1.97 bits per heavy atom. The standard InChI is InChI=1S/C21H16ClN5O3S/c1-29-18-5-3-2-4-16(18)15-8-9-23-11-17(15)19(28)25-20-26-27-21(31-20)30-12-14-7-6-13(22)10-24-14/h2-11H,12H2,1H3,(H,25,26,28). The van der Waals surface area contributed by atoms with Gasteiger partial charge in [-0.3, -0.25) is 20.1 Å². The highest BCUT2D eigenvalue weighted by Gasteiger charge is 2.17. The van der Waals surface area contributed by atoms with Gasteiger partial charge in [0.25, 0.3) is 11.1 Å². The Bertz CT molecular complexity index is 1200. The van der Waals surface area contributed by atoms with E-state index in [0.717, 1.165) is 16.9 Å². The molecule has 0 bridgehead atoms. The van der Waals surface area contributed by atoms with E-state index >= 15 is 0 Å². The third kappa shape index (κ3) is 4.96. The zero-order chi connectivity index (χ0) is 21.6. The number of aromatic nitrogens is 4. The van der Waals surface area contributed by atoms with Crippen LogP contribution in [0.3, 0.4) is 0 Å². The van der Waals surface area contributed by atoms with Crippen LogP contribution in [0.2, 0.25) is 5.02 Å². The lowest BCUT2D eigenvalue weighted by Gasteiger charge is -2.11. The van der Waals surface area contributed by atoms with Crippen molar-refractivity contribution in [3.8, 4) is 22.1 Å². The highest BCUT2D eigenvalue weighted by Crippen LogP contribution is 2.32. The second-order valence-electron chi connectivity index (χ2n) is 6.21. The summed E-state index contributed by atoms with van der Waals surface area (Å²) in [5.41, 5.74) is 2.56. The van der Waals surface area contributed by atoms with Gasteiger partial charge >= 0.3 is 0 Å². The molecule has 0 saturated heterocycles. The predicted molar refractivity (Wildman–Crippen MR) is 118 cm³/mol. The SMILES string of the molecule is COc1ccccc1-c1ccncc1C(=O)Nc1nnc(OCc2ccc(Cl)cn2)s1. The van der Waals surface area contributed by atoms with E-state index in [-0.39, 0.29) is 12.5 Å². The van der Waals surface area contributed by atoms with Crippen molar-refractivity contribution in [1.82, 2.24) is 20.2 Å². The quantitative estimate of drug-likeness (QED) is 0.440. The zero-order valence-electron chi connectivity index (χ0n) is 16.3. The lowest BCUT2D eigenvalue weighted by molar-refractivity contribution is 0.102. The van der Waals surface area contributed by atoms with Gasteiger partial charge in [0, 0.05) is 29.7 Å². The van der Waals surface area contributed by atoms with Crippen LogP contribution in [0.4, 0.5) is 5.13 Å². The number of carbonyl (C=O) groups excluding carboxylic acids is 1. The van der Waals surface area contributed by atoms with E-state index in [1.54, 1.807) is 37.7 Å². The van der Waals surface area contributed by atoms with Gasteiger partial charge in [0.05, 0.1) is 23.4 Å². The number of nitrogens with zero attached hydrogens (tertiary/aromatic N) is 4. The first-order chi connectivity index (χ1) is 15.1. The number of nitrogens with one attached hydrogen (secondary N) is 1. The third-order valence-electron chi connectivity index (χ3n) is 4.22. The molecule has 8 nitrogen and oxygen atoms in total. The van der Waals surface area contributed by atoms with Crippen molar-refractivity contribution in [2.45, 2.75) is 6.61 Å². The van der Waals surface area contributed by atoms with E-state index in [1.165, 1.54) is 6.20 Å². The molecule has 0 radical (unpaired) electrons. The lowest BCUT2D eigenvalue weighted by Crippen LogP contribution is -2.13. The van der Waals surface area contributed by atoms with Crippen LogP contribution >= 0.6 is 22.9 Å². The molecule has 0 atom stereocenters. The maximum Gasteiger partial charge on any atom is 0.296 e. The molecular formula is C21H16ClN5O3S. The van der Waals surface area contributed by atoms with E-state index in [1.807, 2.05) is 24.3 Å². The highest BCUT2D eigenvalue weighted by molar-refractivity contribution is 7.17. The van der Waals surface area contributed by atoms with Crippen molar-refractivity contribution in [1.29, 1.82) is 0 Å². The number of anilines is 1. The molecular weight excluding hydrogens is 438 g/mol. The predicted octanol–water partition coefficient (Wildman–Crippen LogP) is 4.49. The second kappa shape index (κ2) is 9.50. The maximum absolute atomic E-state index is 12.9. The number of hydrogen-bond donors (Lipinski definition) is 1. The summed E-state index contributed by atoms with van der Waals surface area (Å²) in [6.45, 7) is 0.209. The van der Waals surface area contributed by atoms with Gasteiger partial charge in [-0.2, -0.15) is 0 Å². The number of para-hydroxylation sites is 1. The first-order valence-corrected chi connectivity index (χ1v) is 10.3. The summed E-state index contributed by atoms with van der Waals surface area (Å²) in [7, 11) is 1.59. The number of pyridine rings is 2. The van der Waals surface area contributed by atoms with Gasteiger partial charge in [-0.05, 0) is 35.6 Å². The first kappa shape index (κ1) is 20.7. The monoisotopic (exact) mass is 453 g/mol. The Balaban J connectivity index is 1.48. The normalized spacial score (nSPS) is 10.5. The fourth-order valence-corrected chi connectivity index (χ4v) is 3.49. The molecule has 4 aromatic rings. The number of hydrogen-bond acceptors (Lipinski definition) is 8. The molecule has 0 saturated carbocycles. The van der Waals surface area contributed by atoms with E-state index in [0.29, 0.717) is 37.9 Å². The number of amides is 1. The highest BCUT2D eigenvalue weighted by atomic mass is 35.5. The van der Waals surface area contributed by atoms with Crippen molar-refractivity contribution in [2.24, 2.45) is 0 Å². The smallest absolute Gasteiger partial charge is 0.296 e. The number of carbonyl (C=O) groups is 1. The van der Waals surface area contributed by atoms with Crippen LogP contribution in [0.5, 0.6) is 10.9 Å². The van der Waals surface area contributed by atoms with Gasteiger partial charge in [0.2, 0.25) is 5.13 Å². The van der Waals surface area contributed by atoms with Gasteiger partial charge in [0.15, 0.2) is 0 Å². The molecule has 1 aromatic carbocycles. The molecule has 31 heavy (non-hydrogen) atoms. The molecule has 0 unspecified atom stereocenters. The van der Waals surface area contributed by atoms with Crippen molar-refractivity contribution < 1.29 is 14.3 Å². The van der Waals surface area contributed by atoms with E-state index in [4.69, 9.17) is 21.1 Å². The molecule has 156 valence electrons. The van der Waals surface area contributed by atoms with Crippen LogP contribution in [-0.2, 0) is 6.61 Å². The molecule has 0 aliphatic heterocycles. The maximum atomic E-state index is 12.9. The minimum absolute atomic E-state index is 0.209. The first-order valence-electron chi connectivity index (χ1n) is 9.09. The lowest BCUT2D eigenvalue weighted by atomic mass is 10.0. The largest absolute Gasteiger partial charge is 0.496 e. The Kier molecular flexibility index (Phi) is 6.34. The summed E-state index contributed by atoms with van der Waals surface area (Å²) in [4.78, 5) is 21.2. The number of ether oxygens (including phenoxy) is 2. The van der Waals surface area contributed by atoms with Crippen LogP contribution in [0.15, 0.2) is 61.1 Å². The van der Waals surface area contributed by atoms with Crippen molar-refractivity contribution in [3.63, 3.8) is 0 Å². The van der Waals surface area contributed by atoms with Crippen molar-refractivity contribution in [2.75, 3.05) is 12.4 Å². The second-order valence-corrected chi connectivity index (χ2v) is 7.58. The Hall–Kier alpha value is -3.56. The zero-order valence-corrected chi connectivity index (χ0v) is 17.9. The summed E-state index contributed by atoms with van der Waals surface area (Å²) in [5, 5.41) is 11.8. The molecule has 1 amide bonds. The number of halogens is 1. The molecule has 3 aromatic heterocycles. The van der Waals surface area contributed by atoms with Crippen LogP contribution in [0, 0.1) is 0 Å². The van der Waals surface area contributed by atoms with Gasteiger partial charge in [-0.15, -0.1) is 5.10 Å². The third-order valence-corrected chi connectivity index (χ3v) is 5.20. The van der Waals surface area contributed by atoms with Gasteiger partial charge in [-0.1, -0.05) is 34.9 Å². The Morgan fingerprint density at radius 1 is 1.10 bits per heavy atom. The van der Waals surface area contributed by atoms with Crippen LogP contribution in [0.1, 0.15) is 16.1 Å². The molecule has 1 N–H and O–H groups in total. The average Bonchev–Trinajstić information content (AvgIpc) is 3.26. The summed E-state index contributed by atoms with van der Waals surface area (Å²) < 4.78 is 11.0. The van der Waals surface area contributed by atoms with Gasteiger partial charge in [-0.25, -0.2) is 0 Å². The Morgan fingerprint density at radius 3 is 2.77 bits per heavy atom. The summed E-state index contributed by atoms with van der Waals surface area (Å²) in [6.07, 6.45) is 4.67. The molecule has 0 fully saturated rings. The van der Waals surface area contributed by atoms with E-state index in [2.05, 4.69) is 25.5 Å². The number of rotatable bonds is 7. The van der Waals surface area contributed by atoms with E-state index < -0.39 is 0 Å². The molecule has 4 rings (SSSR count). The van der Waals surface area contributed by atoms with E-state index in [9.17, 15) is 4.79 Å². The van der Waals surface area contributed by atoms with Gasteiger partial charge in [0.1, 0.15) is 12.4 Å². The van der Waals surface area contributed by atoms with Crippen molar-refractivity contribution >= 4 is 34.0 Å². The summed E-state index contributed by atoms with van der Waals surface area (Å²) in [6, 6.07) is 12.7. The van der Waals surface area contributed by atoms with Crippen molar-refractivity contribution in [3.05, 3.63) is 77.3 Å². The molecule has 0 aliphatic carbocycles. The summed E-state index contributed by atoms with van der Waals surface area (Å²) >= 11 is 6.94. The topological polar surface area (TPSA) is 99.1 Å². The molecule has 10 heteroatoms. The minimum Gasteiger partial charge on any atom is -0.496 e. The number of methoxy groups -OCH3 is 1. The number of benzene rings is 1. The van der Waals surface area contributed by atoms with Crippen LogP contribution in [0.25, 0.3) is 11.1 Å². The van der Waals surface area contributed by atoms with Crippen LogP contribution < -0.4 is 14.8 Å².